The van der Waals surface area contributed by atoms with E-state index in [2.05, 4.69) is 0 Å². The third-order valence-electron chi connectivity index (χ3n) is 2.00. The first kappa shape index (κ1) is 9.23. The van der Waals surface area contributed by atoms with Crippen molar-refractivity contribution in [2.45, 2.75) is 27.1 Å². The quantitative estimate of drug-likeness (QED) is 0.622. The Morgan fingerprint density at radius 3 is 1.75 bits per heavy atom. The average Bonchev–Trinajstić information content (AvgIpc) is 1.82. The molecule has 0 unspecified atom stereocenters. The van der Waals surface area contributed by atoms with Gasteiger partial charge in [0.05, 0.1) is 0 Å². The maximum absolute atomic E-state index is 9.03. The summed E-state index contributed by atoms with van der Waals surface area (Å²) in [6.45, 7) is 5.76. The summed E-state index contributed by atoms with van der Waals surface area (Å²) < 4.78 is 0. The SMILES string of the molecule is Cc1cc(C)c(C(O)O)c(C)c1. The lowest BCUT2D eigenvalue weighted by atomic mass is 10.00. The van der Waals surface area contributed by atoms with Crippen LogP contribution in [-0.4, -0.2) is 10.2 Å². The van der Waals surface area contributed by atoms with Crippen molar-refractivity contribution in [2.75, 3.05) is 0 Å². The monoisotopic (exact) mass is 166 g/mol. The highest BCUT2D eigenvalue weighted by Gasteiger charge is 2.09. The highest BCUT2D eigenvalue weighted by Crippen LogP contribution is 2.21. The van der Waals surface area contributed by atoms with E-state index in [9.17, 15) is 0 Å². The molecule has 0 atom stereocenters. The van der Waals surface area contributed by atoms with Gasteiger partial charge in [0.1, 0.15) is 0 Å². The van der Waals surface area contributed by atoms with Gasteiger partial charge >= 0.3 is 0 Å². The largest absolute Gasteiger partial charge is 0.364 e. The molecule has 0 saturated carbocycles. The Kier molecular flexibility index (Phi) is 2.50. The molecule has 1 aromatic carbocycles. The molecule has 0 heterocycles. The molecule has 0 aliphatic rings. The molecule has 0 spiro atoms. The van der Waals surface area contributed by atoms with E-state index in [4.69, 9.17) is 10.2 Å². The second-order valence-corrected chi connectivity index (χ2v) is 3.19. The Morgan fingerprint density at radius 1 is 1.00 bits per heavy atom. The van der Waals surface area contributed by atoms with Crippen molar-refractivity contribution in [3.05, 3.63) is 34.4 Å². The number of hydrogen-bond acceptors (Lipinski definition) is 2. The second kappa shape index (κ2) is 3.25. The van der Waals surface area contributed by atoms with Crippen molar-refractivity contribution in [1.82, 2.24) is 0 Å². The Bertz CT molecular complexity index is 267. The molecule has 2 nitrogen and oxygen atoms in total. The van der Waals surface area contributed by atoms with E-state index in [-0.39, 0.29) is 0 Å². The summed E-state index contributed by atoms with van der Waals surface area (Å²) in [5, 5.41) is 18.1. The van der Waals surface area contributed by atoms with Crippen molar-refractivity contribution in [3.63, 3.8) is 0 Å². The normalized spacial score (nSPS) is 10.8. The van der Waals surface area contributed by atoms with Crippen LogP contribution in [0.2, 0.25) is 0 Å². The predicted molar refractivity (Wildman–Crippen MR) is 47.8 cm³/mol. The topological polar surface area (TPSA) is 40.5 Å². The van der Waals surface area contributed by atoms with Crippen LogP contribution in [0.15, 0.2) is 12.1 Å². The van der Waals surface area contributed by atoms with Crippen molar-refractivity contribution < 1.29 is 10.2 Å². The van der Waals surface area contributed by atoms with Gasteiger partial charge in [-0.05, 0) is 31.9 Å². The molecule has 1 rings (SSSR count). The first-order chi connectivity index (χ1) is 5.52. The molecule has 0 aliphatic carbocycles. The summed E-state index contributed by atoms with van der Waals surface area (Å²) in [7, 11) is 0. The zero-order chi connectivity index (χ0) is 9.30. The Labute approximate surface area is 72.5 Å². The molecule has 0 bridgehead atoms. The zero-order valence-electron chi connectivity index (χ0n) is 7.63. The highest BCUT2D eigenvalue weighted by molar-refractivity contribution is 5.37. The summed E-state index contributed by atoms with van der Waals surface area (Å²) in [4.78, 5) is 0. The molecule has 0 amide bonds. The minimum atomic E-state index is -1.36. The third kappa shape index (κ3) is 1.65. The van der Waals surface area contributed by atoms with Crippen LogP contribution in [0.25, 0.3) is 0 Å². The Hall–Kier alpha value is -0.860. The van der Waals surface area contributed by atoms with Crippen molar-refractivity contribution in [3.8, 4) is 0 Å². The maximum Gasteiger partial charge on any atom is 0.178 e. The van der Waals surface area contributed by atoms with E-state index in [1.165, 1.54) is 0 Å². The molecule has 2 heteroatoms. The molecular weight excluding hydrogens is 152 g/mol. The van der Waals surface area contributed by atoms with Crippen LogP contribution >= 0.6 is 0 Å². The van der Waals surface area contributed by atoms with Gasteiger partial charge in [-0.15, -0.1) is 0 Å². The molecular formula is C10H14O2. The van der Waals surface area contributed by atoms with Gasteiger partial charge in [0, 0.05) is 5.56 Å². The molecule has 0 aliphatic heterocycles. The standard InChI is InChI=1S/C10H14O2/c1-6-4-7(2)9(10(11)12)8(3)5-6/h4-5,10-12H,1-3H3. The fourth-order valence-corrected chi connectivity index (χ4v) is 1.60. The number of benzene rings is 1. The number of aliphatic hydroxyl groups is 2. The molecule has 0 saturated heterocycles. The van der Waals surface area contributed by atoms with E-state index >= 15 is 0 Å². The molecule has 2 N–H and O–H groups in total. The van der Waals surface area contributed by atoms with Crippen molar-refractivity contribution in [2.24, 2.45) is 0 Å². The molecule has 0 radical (unpaired) electrons. The molecule has 12 heavy (non-hydrogen) atoms. The van der Waals surface area contributed by atoms with Crippen molar-refractivity contribution >= 4 is 0 Å². The van der Waals surface area contributed by atoms with Crippen LogP contribution in [0, 0.1) is 20.8 Å². The van der Waals surface area contributed by atoms with E-state index in [0.29, 0.717) is 5.56 Å². The summed E-state index contributed by atoms with van der Waals surface area (Å²) in [5.74, 6) is 0. The van der Waals surface area contributed by atoms with Crippen molar-refractivity contribution in [1.29, 1.82) is 0 Å². The minimum absolute atomic E-state index is 0.626. The van der Waals surface area contributed by atoms with Crippen LogP contribution in [0.4, 0.5) is 0 Å². The molecule has 0 aromatic heterocycles. The van der Waals surface area contributed by atoms with Gasteiger partial charge in [-0.3, -0.25) is 0 Å². The third-order valence-corrected chi connectivity index (χ3v) is 2.00. The average molecular weight is 166 g/mol. The van der Waals surface area contributed by atoms with Gasteiger partial charge in [-0.2, -0.15) is 0 Å². The van der Waals surface area contributed by atoms with Crippen LogP contribution in [0.5, 0.6) is 0 Å². The lowest BCUT2D eigenvalue weighted by molar-refractivity contribution is -0.0433. The van der Waals surface area contributed by atoms with Gasteiger partial charge in [0.25, 0.3) is 0 Å². The van der Waals surface area contributed by atoms with E-state index in [1.807, 2.05) is 32.9 Å². The fourth-order valence-electron chi connectivity index (χ4n) is 1.60. The number of rotatable bonds is 1. The number of aryl methyl sites for hydroxylation is 3. The minimum Gasteiger partial charge on any atom is -0.364 e. The van der Waals surface area contributed by atoms with E-state index in [1.54, 1.807) is 0 Å². The molecule has 1 aromatic rings. The molecule has 66 valence electrons. The van der Waals surface area contributed by atoms with Crippen LogP contribution < -0.4 is 0 Å². The summed E-state index contributed by atoms with van der Waals surface area (Å²) >= 11 is 0. The lowest BCUT2D eigenvalue weighted by Crippen LogP contribution is -2.01. The van der Waals surface area contributed by atoms with Gasteiger partial charge in [-0.25, -0.2) is 0 Å². The number of aliphatic hydroxyl groups excluding tert-OH is 1. The van der Waals surface area contributed by atoms with Gasteiger partial charge in [0.2, 0.25) is 0 Å². The number of hydrogen-bond donors (Lipinski definition) is 2. The van der Waals surface area contributed by atoms with E-state index in [0.717, 1.165) is 16.7 Å². The Morgan fingerprint density at radius 2 is 1.42 bits per heavy atom. The summed E-state index contributed by atoms with van der Waals surface area (Å²) in [6.07, 6.45) is -1.36. The van der Waals surface area contributed by atoms with Gasteiger partial charge in [0.15, 0.2) is 6.29 Å². The highest BCUT2D eigenvalue weighted by atomic mass is 16.5. The zero-order valence-corrected chi connectivity index (χ0v) is 7.63. The van der Waals surface area contributed by atoms with Gasteiger partial charge < -0.3 is 10.2 Å². The summed E-state index contributed by atoms with van der Waals surface area (Å²) in [5.41, 5.74) is 3.64. The van der Waals surface area contributed by atoms with Crippen LogP contribution in [0.1, 0.15) is 28.5 Å². The van der Waals surface area contributed by atoms with Crippen LogP contribution in [-0.2, 0) is 0 Å². The smallest absolute Gasteiger partial charge is 0.178 e. The first-order valence-electron chi connectivity index (χ1n) is 3.96. The molecule has 0 fully saturated rings. The van der Waals surface area contributed by atoms with E-state index < -0.39 is 6.29 Å². The first-order valence-corrected chi connectivity index (χ1v) is 3.96. The predicted octanol–water partition coefficient (Wildman–Crippen LogP) is 1.60. The Balaban J connectivity index is 3.28. The fraction of sp³-hybridized carbons (Fsp3) is 0.400. The van der Waals surface area contributed by atoms with Gasteiger partial charge in [-0.1, -0.05) is 17.7 Å². The summed E-state index contributed by atoms with van der Waals surface area (Å²) in [6, 6.07) is 3.89. The lowest BCUT2D eigenvalue weighted by Gasteiger charge is -2.12. The second-order valence-electron chi connectivity index (χ2n) is 3.19. The van der Waals surface area contributed by atoms with Crippen LogP contribution in [0.3, 0.4) is 0 Å². The maximum atomic E-state index is 9.03.